The summed E-state index contributed by atoms with van der Waals surface area (Å²) in [5.74, 6) is 0.842. The first-order valence-corrected chi connectivity index (χ1v) is 8.90. The molecule has 6 heteroatoms. The summed E-state index contributed by atoms with van der Waals surface area (Å²) < 4.78 is 0. The van der Waals surface area contributed by atoms with Gasteiger partial charge in [-0.3, -0.25) is 4.98 Å². The molecule has 0 radical (unpaired) electrons. The van der Waals surface area contributed by atoms with E-state index in [0.717, 1.165) is 22.3 Å². The lowest BCUT2D eigenvalue weighted by Crippen LogP contribution is -2.55. The Morgan fingerprint density at radius 2 is 1.71 bits per heavy atom. The summed E-state index contributed by atoms with van der Waals surface area (Å²) in [6, 6.07) is 18.1. The number of anilines is 1. The van der Waals surface area contributed by atoms with Gasteiger partial charge in [-0.15, -0.1) is 0 Å². The number of phenols is 1. The third kappa shape index (κ3) is 3.27. The van der Waals surface area contributed by atoms with Crippen molar-refractivity contribution in [2.24, 2.45) is 0 Å². The molecule has 0 aliphatic rings. The molecule has 2 aromatic heterocycles. The average molecular weight is 371 g/mol. The minimum absolute atomic E-state index is 0.121. The lowest BCUT2D eigenvalue weighted by atomic mass is 9.96. The van der Waals surface area contributed by atoms with Crippen LogP contribution in [0, 0.1) is 11.8 Å². The number of aromatic hydroxyl groups is 1. The van der Waals surface area contributed by atoms with Crippen LogP contribution in [0.4, 0.5) is 11.5 Å². The van der Waals surface area contributed by atoms with E-state index in [1.807, 2.05) is 60.6 Å². The Bertz CT molecular complexity index is 1140. The van der Waals surface area contributed by atoms with Crippen LogP contribution in [-0.2, 0) is 0 Å². The van der Waals surface area contributed by atoms with E-state index in [0.29, 0.717) is 16.8 Å². The molecule has 3 N–H and O–H groups in total. The highest BCUT2D eigenvalue weighted by molar-refractivity contribution is 5.86. The summed E-state index contributed by atoms with van der Waals surface area (Å²) in [4.78, 5) is 19.6. The first-order chi connectivity index (χ1) is 13.7. The summed E-state index contributed by atoms with van der Waals surface area (Å²) >= 11 is 0. The predicted octanol–water partition coefficient (Wildman–Crippen LogP) is 3.32. The smallest absolute Gasteiger partial charge is 0.253 e. The molecular weight excluding hydrogens is 352 g/mol. The Morgan fingerprint density at radius 3 is 2.46 bits per heavy atom. The zero-order valence-corrected chi connectivity index (χ0v) is 15.3. The molecule has 28 heavy (non-hydrogen) atoms. The highest BCUT2D eigenvalue weighted by Crippen LogP contribution is 2.36. The summed E-state index contributed by atoms with van der Waals surface area (Å²) in [6.45, 7) is 1.97. The lowest BCUT2D eigenvalue weighted by Gasteiger charge is -2.22. The van der Waals surface area contributed by atoms with Gasteiger partial charge in [0, 0.05) is 45.6 Å². The summed E-state index contributed by atoms with van der Waals surface area (Å²) in [5.41, 5.74) is 3.57. The highest BCUT2D eigenvalue weighted by atomic mass is 16.3. The van der Waals surface area contributed by atoms with E-state index in [2.05, 4.69) is 15.3 Å². The van der Waals surface area contributed by atoms with Crippen molar-refractivity contribution in [3.05, 3.63) is 94.7 Å². The molecule has 1 unspecified atom stereocenters. The molecule has 1 atom stereocenters. The van der Waals surface area contributed by atoms with Crippen molar-refractivity contribution in [3.8, 4) is 5.75 Å². The van der Waals surface area contributed by atoms with E-state index in [1.165, 1.54) is 0 Å². The maximum atomic E-state index is 10.9. The van der Waals surface area contributed by atoms with Gasteiger partial charge in [-0.05, 0) is 42.3 Å². The van der Waals surface area contributed by atoms with Crippen LogP contribution in [0.25, 0.3) is 10.9 Å². The van der Waals surface area contributed by atoms with Gasteiger partial charge in [0.05, 0.1) is 6.04 Å². The van der Waals surface area contributed by atoms with E-state index in [4.69, 9.17) is 0 Å². The fraction of sp³-hybridized carbons (Fsp3) is 0.0909. The number of hydrogen-bond donors (Lipinski definition) is 3. The molecule has 2 heterocycles. The van der Waals surface area contributed by atoms with E-state index in [9.17, 15) is 10.0 Å². The van der Waals surface area contributed by atoms with Crippen LogP contribution in [0.2, 0.25) is 0 Å². The number of nitroso groups, excluding NO2 is 1. The fourth-order valence-electron chi connectivity index (χ4n) is 3.24. The van der Waals surface area contributed by atoms with Gasteiger partial charge in [0.25, 0.3) is 5.69 Å². The number of rotatable bonds is 5. The normalized spacial score (nSPS) is 11.9. The van der Waals surface area contributed by atoms with E-state index in [1.54, 1.807) is 24.5 Å². The number of aromatic nitrogens is 2. The van der Waals surface area contributed by atoms with E-state index < -0.39 is 0 Å². The zero-order chi connectivity index (χ0) is 19.5. The Labute approximate surface area is 161 Å². The van der Waals surface area contributed by atoms with Gasteiger partial charge >= 0.3 is 0 Å². The van der Waals surface area contributed by atoms with Gasteiger partial charge in [-0.2, -0.15) is 0 Å². The van der Waals surface area contributed by atoms with E-state index in [-0.39, 0.29) is 11.8 Å². The molecule has 4 rings (SSSR count). The molecule has 0 amide bonds. The van der Waals surface area contributed by atoms with Gasteiger partial charge in [0.1, 0.15) is 17.1 Å². The van der Waals surface area contributed by atoms with Crippen molar-refractivity contribution < 1.29 is 10.3 Å². The number of fused-ring (bicyclic) bond motifs is 1. The Kier molecular flexibility index (Phi) is 4.68. The molecule has 138 valence electrons. The largest absolute Gasteiger partial charge is 0.505 e. The zero-order valence-electron chi connectivity index (χ0n) is 15.3. The first kappa shape index (κ1) is 17.6. The van der Waals surface area contributed by atoms with Gasteiger partial charge in [-0.25, -0.2) is 4.98 Å². The minimum atomic E-state index is -0.374. The van der Waals surface area contributed by atoms with Crippen LogP contribution in [0.3, 0.4) is 0 Å². The molecule has 0 bridgehead atoms. The number of aryl methyl sites for hydroxylation is 1. The molecular formula is C22H19N4O2+. The number of benzene rings is 2. The number of nitrogens with zero attached hydrogens (tertiary/aromatic N) is 2. The van der Waals surface area contributed by atoms with Gasteiger partial charge in [-0.1, -0.05) is 24.3 Å². The summed E-state index contributed by atoms with van der Waals surface area (Å²) in [6.07, 6.45) is 3.38. The van der Waals surface area contributed by atoms with Crippen molar-refractivity contribution >= 4 is 22.4 Å². The van der Waals surface area contributed by atoms with Crippen LogP contribution >= 0.6 is 0 Å². The standard InChI is InChI=1S/C22H18N4O2/c1-14-4-2-13-24-22(14)25-19(16-6-9-17(26-28)10-7-16)18-11-8-15-5-3-12-23-20(15)21(18)27/h2-13,19,27H,1H3,(H,24,25)/p+1. The second-order valence-corrected chi connectivity index (χ2v) is 6.55. The van der Waals surface area contributed by atoms with Crippen molar-refractivity contribution in [2.75, 3.05) is 5.32 Å². The van der Waals surface area contributed by atoms with Crippen molar-refractivity contribution in [1.82, 2.24) is 9.97 Å². The van der Waals surface area contributed by atoms with Crippen molar-refractivity contribution in [1.29, 1.82) is 0 Å². The van der Waals surface area contributed by atoms with Crippen LogP contribution < -0.4 is 10.5 Å². The van der Waals surface area contributed by atoms with Crippen LogP contribution in [0.1, 0.15) is 22.7 Å². The van der Waals surface area contributed by atoms with Crippen LogP contribution in [0.15, 0.2) is 73.1 Å². The second-order valence-electron chi connectivity index (χ2n) is 6.55. The topological polar surface area (TPSA) is 89.1 Å². The van der Waals surface area contributed by atoms with Gasteiger partial charge in [0.2, 0.25) is 0 Å². The van der Waals surface area contributed by atoms with Gasteiger partial charge < -0.3 is 10.4 Å². The fourth-order valence-corrected chi connectivity index (χ4v) is 3.24. The SMILES string of the molecule is Cc1cccnc1NC(c1ccc([NH+]=O)cc1)c1ccc2cccnc2c1O. The Morgan fingerprint density at radius 1 is 0.964 bits per heavy atom. The second kappa shape index (κ2) is 7.44. The molecule has 0 aliphatic carbocycles. The van der Waals surface area contributed by atoms with Gasteiger partial charge in [0.15, 0.2) is 0 Å². The van der Waals surface area contributed by atoms with Crippen LogP contribution in [-0.4, -0.2) is 15.1 Å². The third-order valence-corrected chi connectivity index (χ3v) is 4.74. The number of hydrogen-bond acceptors (Lipinski definition) is 5. The monoisotopic (exact) mass is 371 g/mol. The molecule has 0 saturated carbocycles. The number of nitrogens with one attached hydrogen (secondary N) is 2. The molecule has 6 nitrogen and oxygen atoms in total. The van der Waals surface area contributed by atoms with E-state index >= 15 is 0 Å². The number of phenolic OH excluding ortho intramolecular Hbond substituents is 1. The quantitative estimate of drug-likeness (QED) is 0.501. The third-order valence-electron chi connectivity index (χ3n) is 4.74. The molecule has 0 spiro atoms. The lowest BCUT2D eigenvalue weighted by molar-refractivity contribution is -0.379. The Hall–Kier alpha value is -3.80. The molecule has 2 aromatic carbocycles. The Balaban J connectivity index is 1.86. The summed E-state index contributed by atoms with van der Waals surface area (Å²) in [7, 11) is 0. The molecule has 0 aliphatic heterocycles. The molecule has 0 fully saturated rings. The molecule has 0 saturated heterocycles. The highest BCUT2D eigenvalue weighted by Gasteiger charge is 2.21. The number of pyridine rings is 2. The predicted molar refractivity (Wildman–Crippen MR) is 108 cm³/mol. The maximum Gasteiger partial charge on any atom is 0.253 e. The minimum Gasteiger partial charge on any atom is -0.505 e. The molecule has 4 aromatic rings. The van der Waals surface area contributed by atoms with Crippen LogP contribution in [0.5, 0.6) is 5.75 Å². The first-order valence-electron chi connectivity index (χ1n) is 8.90. The van der Waals surface area contributed by atoms with Crippen molar-refractivity contribution in [2.45, 2.75) is 13.0 Å². The average Bonchev–Trinajstić information content (AvgIpc) is 2.74. The van der Waals surface area contributed by atoms with Crippen molar-refractivity contribution in [3.63, 3.8) is 0 Å². The maximum absolute atomic E-state index is 10.9. The summed E-state index contributed by atoms with van der Waals surface area (Å²) in [5, 5.41) is 17.1.